The molecule has 2 aromatic carbocycles. The molecular weight excluding hydrogens is 556 g/mol. The van der Waals surface area contributed by atoms with Gasteiger partial charge in [0.05, 0.1) is 24.0 Å². The van der Waals surface area contributed by atoms with Gasteiger partial charge in [0.2, 0.25) is 5.78 Å². The molecule has 1 aliphatic carbocycles. The SMILES string of the molecule is CCCc1c(Cc2ccc(-c3ccccc3-c3nnn[nH]3)cc2)c(=O)n([C@H]2CC[C@H](OCC(C)(C)O)CC2)c2nc(C)nn12. The first-order chi connectivity index (χ1) is 21.2. The first-order valence-electron chi connectivity index (χ1n) is 15.5. The maximum absolute atomic E-state index is 14.4. The van der Waals surface area contributed by atoms with Gasteiger partial charge in [-0.15, -0.1) is 5.10 Å². The molecule has 2 N–H and O–H groups in total. The van der Waals surface area contributed by atoms with Gasteiger partial charge in [0.1, 0.15) is 5.82 Å². The van der Waals surface area contributed by atoms with E-state index in [0.29, 0.717) is 30.5 Å². The Hall–Kier alpha value is -4.22. The fourth-order valence-electron chi connectivity index (χ4n) is 6.24. The minimum atomic E-state index is -0.862. The second-order valence-electron chi connectivity index (χ2n) is 12.4. The smallest absolute Gasteiger partial charge is 0.259 e. The number of nitrogens with zero attached hydrogens (tertiary/aromatic N) is 7. The van der Waals surface area contributed by atoms with Crippen LogP contribution in [0.5, 0.6) is 0 Å². The summed E-state index contributed by atoms with van der Waals surface area (Å²) in [5.74, 6) is 1.89. The van der Waals surface area contributed by atoms with Crippen LogP contribution < -0.4 is 5.56 Å². The van der Waals surface area contributed by atoms with Crippen LogP contribution in [0.25, 0.3) is 28.3 Å². The van der Waals surface area contributed by atoms with E-state index in [0.717, 1.165) is 72.0 Å². The van der Waals surface area contributed by atoms with Crippen molar-refractivity contribution in [1.82, 2.24) is 39.8 Å². The molecule has 0 spiro atoms. The van der Waals surface area contributed by atoms with Crippen molar-refractivity contribution < 1.29 is 9.84 Å². The molecule has 11 nitrogen and oxygen atoms in total. The molecule has 0 bridgehead atoms. The van der Waals surface area contributed by atoms with Crippen LogP contribution in [0, 0.1) is 6.92 Å². The Labute approximate surface area is 256 Å². The van der Waals surface area contributed by atoms with Crippen LogP contribution in [-0.4, -0.2) is 63.2 Å². The van der Waals surface area contributed by atoms with E-state index in [1.165, 1.54) is 0 Å². The number of hydrogen-bond acceptors (Lipinski definition) is 8. The van der Waals surface area contributed by atoms with Gasteiger partial charge < -0.3 is 9.84 Å². The van der Waals surface area contributed by atoms with E-state index in [4.69, 9.17) is 14.8 Å². The van der Waals surface area contributed by atoms with Crippen molar-refractivity contribution in [1.29, 1.82) is 0 Å². The topological polar surface area (TPSA) is 136 Å². The number of fused-ring (bicyclic) bond motifs is 1. The molecule has 44 heavy (non-hydrogen) atoms. The molecule has 6 rings (SSSR count). The molecule has 0 aliphatic heterocycles. The van der Waals surface area contributed by atoms with Crippen LogP contribution in [0.3, 0.4) is 0 Å². The highest BCUT2D eigenvalue weighted by Gasteiger charge is 2.29. The van der Waals surface area contributed by atoms with E-state index < -0.39 is 5.60 Å². The van der Waals surface area contributed by atoms with Gasteiger partial charge >= 0.3 is 0 Å². The Morgan fingerprint density at radius 3 is 2.43 bits per heavy atom. The molecule has 5 aromatic rings. The number of hydrogen-bond donors (Lipinski definition) is 2. The Morgan fingerprint density at radius 1 is 1.05 bits per heavy atom. The quantitative estimate of drug-likeness (QED) is 0.233. The lowest BCUT2D eigenvalue weighted by molar-refractivity contribution is -0.0654. The number of nitrogens with one attached hydrogen (secondary N) is 1. The number of H-pyrrole nitrogens is 1. The Morgan fingerprint density at radius 2 is 1.77 bits per heavy atom. The van der Waals surface area contributed by atoms with E-state index in [2.05, 4.69) is 57.9 Å². The summed E-state index contributed by atoms with van der Waals surface area (Å²) in [7, 11) is 0. The molecule has 0 saturated heterocycles. The Bertz CT molecular complexity index is 1780. The minimum absolute atomic E-state index is 0.00877. The maximum atomic E-state index is 14.4. The summed E-state index contributed by atoms with van der Waals surface area (Å²) < 4.78 is 9.79. The first-order valence-corrected chi connectivity index (χ1v) is 15.5. The van der Waals surface area contributed by atoms with Gasteiger partial charge in [-0.1, -0.05) is 61.9 Å². The summed E-state index contributed by atoms with van der Waals surface area (Å²) in [5, 5.41) is 29.3. The standard InChI is InChI=1S/C33H40N8O3/c1-5-8-29-28(19-22-11-13-23(14-12-22)26-9-6-7-10-27(26)30-35-38-39-36-30)31(42)40(32-34-21(2)37-41(29)32)24-15-17-25(18-16-24)44-20-33(3,4)43/h6-7,9-14,24-25,43H,5,8,15-20H2,1-4H3,(H,35,36,38,39)/t24-,25-. The average Bonchev–Trinajstić information content (AvgIpc) is 3.69. The zero-order valence-electron chi connectivity index (χ0n) is 25.8. The molecule has 0 unspecified atom stereocenters. The Balaban J connectivity index is 1.32. The average molecular weight is 597 g/mol. The first kappa shape index (κ1) is 29.8. The third-order valence-electron chi connectivity index (χ3n) is 8.33. The summed E-state index contributed by atoms with van der Waals surface area (Å²) in [6.07, 6.45) is 5.46. The van der Waals surface area contributed by atoms with E-state index in [-0.39, 0.29) is 17.7 Å². The molecule has 3 heterocycles. The molecule has 230 valence electrons. The van der Waals surface area contributed by atoms with Crippen LogP contribution in [0.1, 0.15) is 81.6 Å². The van der Waals surface area contributed by atoms with Gasteiger partial charge in [-0.05, 0) is 80.0 Å². The van der Waals surface area contributed by atoms with Crippen LogP contribution >= 0.6 is 0 Å². The molecule has 1 aliphatic rings. The van der Waals surface area contributed by atoms with Crippen molar-refractivity contribution in [2.24, 2.45) is 0 Å². The lowest BCUT2D eigenvalue weighted by atomic mass is 9.92. The van der Waals surface area contributed by atoms with E-state index in [9.17, 15) is 9.90 Å². The van der Waals surface area contributed by atoms with Crippen LogP contribution in [-0.2, 0) is 17.6 Å². The molecule has 11 heteroatoms. The Kier molecular flexibility index (Phi) is 8.42. The maximum Gasteiger partial charge on any atom is 0.259 e. The fraction of sp³-hybridized carbons (Fsp3) is 0.455. The highest BCUT2D eigenvalue weighted by Crippen LogP contribution is 2.32. The molecular formula is C33H40N8O3. The van der Waals surface area contributed by atoms with Crippen molar-refractivity contribution in [3.63, 3.8) is 0 Å². The zero-order chi connectivity index (χ0) is 30.8. The summed E-state index contributed by atoms with van der Waals surface area (Å²) in [6, 6.07) is 16.4. The predicted molar refractivity (Wildman–Crippen MR) is 167 cm³/mol. The number of ether oxygens (including phenoxy) is 1. The third-order valence-corrected chi connectivity index (χ3v) is 8.33. The van der Waals surface area contributed by atoms with E-state index >= 15 is 0 Å². The highest BCUT2D eigenvalue weighted by molar-refractivity contribution is 5.80. The molecule has 0 amide bonds. The number of aliphatic hydroxyl groups is 1. The number of benzene rings is 2. The lowest BCUT2D eigenvalue weighted by Crippen LogP contribution is -2.36. The number of rotatable bonds is 10. The van der Waals surface area contributed by atoms with Gasteiger partial charge in [0.15, 0.2) is 5.82 Å². The third kappa shape index (κ3) is 6.20. The summed E-state index contributed by atoms with van der Waals surface area (Å²) in [5.41, 5.74) is 4.88. The molecule has 1 saturated carbocycles. The lowest BCUT2D eigenvalue weighted by Gasteiger charge is -2.32. The van der Waals surface area contributed by atoms with Crippen molar-refractivity contribution in [2.75, 3.05) is 6.61 Å². The largest absolute Gasteiger partial charge is 0.388 e. The summed E-state index contributed by atoms with van der Waals surface area (Å²) in [4.78, 5) is 19.1. The normalized spacial score (nSPS) is 17.4. The van der Waals surface area contributed by atoms with Crippen molar-refractivity contribution >= 4 is 5.78 Å². The van der Waals surface area contributed by atoms with Gasteiger partial charge in [0.25, 0.3) is 5.56 Å². The molecule has 1 fully saturated rings. The predicted octanol–water partition coefficient (Wildman–Crippen LogP) is 4.86. The van der Waals surface area contributed by atoms with Gasteiger partial charge in [-0.25, -0.2) is 9.61 Å². The number of aromatic amines is 1. The van der Waals surface area contributed by atoms with Crippen molar-refractivity contribution in [2.45, 2.75) is 90.4 Å². The van der Waals surface area contributed by atoms with Crippen LogP contribution in [0.2, 0.25) is 0 Å². The summed E-state index contributed by atoms with van der Waals surface area (Å²) >= 11 is 0. The van der Waals surface area contributed by atoms with E-state index in [1.54, 1.807) is 13.8 Å². The second kappa shape index (κ2) is 12.4. The molecule has 3 aromatic heterocycles. The highest BCUT2D eigenvalue weighted by atomic mass is 16.5. The number of tetrazole rings is 1. The van der Waals surface area contributed by atoms with Gasteiger partial charge in [0, 0.05) is 23.6 Å². The summed E-state index contributed by atoms with van der Waals surface area (Å²) in [6.45, 7) is 7.81. The zero-order valence-corrected chi connectivity index (χ0v) is 25.8. The molecule has 0 radical (unpaired) electrons. The van der Waals surface area contributed by atoms with Crippen molar-refractivity contribution in [3.05, 3.63) is 81.5 Å². The monoisotopic (exact) mass is 596 g/mol. The van der Waals surface area contributed by atoms with E-state index in [1.807, 2.05) is 34.2 Å². The second-order valence-corrected chi connectivity index (χ2v) is 12.4. The van der Waals surface area contributed by atoms with Crippen molar-refractivity contribution in [3.8, 4) is 22.5 Å². The number of aromatic nitrogens is 8. The molecule has 0 atom stereocenters. The number of aryl methyl sites for hydroxylation is 2. The van der Waals surface area contributed by atoms with Crippen LogP contribution in [0.15, 0.2) is 53.3 Å². The van der Waals surface area contributed by atoms with Gasteiger partial charge in [-0.3, -0.25) is 9.36 Å². The minimum Gasteiger partial charge on any atom is -0.388 e. The fourth-order valence-corrected chi connectivity index (χ4v) is 6.24. The van der Waals surface area contributed by atoms with Gasteiger partial charge in [-0.2, -0.15) is 10.1 Å². The van der Waals surface area contributed by atoms with Crippen LogP contribution in [0.4, 0.5) is 0 Å².